The van der Waals surface area contributed by atoms with Gasteiger partial charge in [0.1, 0.15) is 5.75 Å². The Bertz CT molecular complexity index is 1040. The first-order valence-corrected chi connectivity index (χ1v) is 10.7. The number of benzene rings is 2. The van der Waals surface area contributed by atoms with Crippen LogP contribution in [0.3, 0.4) is 0 Å². The molecular weight excluding hydrogens is 390 g/mol. The highest BCUT2D eigenvalue weighted by molar-refractivity contribution is 5.85. The molecular formula is C25H29N3O3. The highest BCUT2D eigenvalue weighted by Crippen LogP contribution is 2.34. The topological polar surface area (TPSA) is 67.4 Å². The van der Waals surface area contributed by atoms with Crippen LogP contribution < -0.4 is 4.74 Å². The number of aryl methyl sites for hydroxylation is 1. The summed E-state index contributed by atoms with van der Waals surface area (Å²) in [7, 11) is 0. The van der Waals surface area contributed by atoms with E-state index in [9.17, 15) is 4.79 Å². The number of aromatic nitrogens is 2. The molecule has 0 bridgehead atoms. The molecule has 1 aliphatic rings. The Morgan fingerprint density at radius 2 is 1.97 bits per heavy atom. The van der Waals surface area contributed by atoms with Gasteiger partial charge in [0, 0.05) is 36.8 Å². The number of nitrogens with one attached hydrogen (secondary N) is 1. The molecule has 31 heavy (non-hydrogen) atoms. The highest BCUT2D eigenvalue weighted by atomic mass is 16.5. The van der Waals surface area contributed by atoms with Gasteiger partial charge in [0.05, 0.1) is 19.4 Å². The number of hydrogen-bond donors (Lipinski definition) is 1. The number of carbonyl (C=O) groups is 1. The van der Waals surface area contributed by atoms with Crippen molar-refractivity contribution in [3.8, 4) is 16.9 Å². The summed E-state index contributed by atoms with van der Waals surface area (Å²) in [5.41, 5.74) is 4.49. The lowest BCUT2D eigenvalue weighted by atomic mass is 9.94. The Morgan fingerprint density at radius 3 is 2.68 bits per heavy atom. The molecule has 0 aliphatic carbocycles. The van der Waals surface area contributed by atoms with Crippen molar-refractivity contribution < 1.29 is 14.3 Å². The number of ether oxygens (including phenoxy) is 2. The van der Waals surface area contributed by atoms with Crippen molar-refractivity contribution >= 4 is 5.91 Å². The van der Waals surface area contributed by atoms with Crippen molar-refractivity contribution in [3.05, 3.63) is 71.5 Å². The summed E-state index contributed by atoms with van der Waals surface area (Å²) in [5, 5.41) is 7.01. The highest BCUT2D eigenvalue weighted by Gasteiger charge is 2.35. The molecule has 6 nitrogen and oxygen atoms in total. The maximum Gasteiger partial charge on any atom is 0.266 e. The fraction of sp³-hybridized carbons (Fsp3) is 0.360. The summed E-state index contributed by atoms with van der Waals surface area (Å²) in [6, 6.07) is 14.4. The molecule has 2 aromatic carbocycles. The van der Waals surface area contributed by atoms with Crippen LogP contribution in [-0.2, 0) is 16.0 Å². The molecule has 0 spiro atoms. The number of morpholine rings is 1. The summed E-state index contributed by atoms with van der Waals surface area (Å²) in [6.07, 6.45) is 4.38. The van der Waals surface area contributed by atoms with E-state index in [0.29, 0.717) is 38.5 Å². The molecule has 2 heterocycles. The van der Waals surface area contributed by atoms with Crippen LogP contribution in [0, 0.1) is 6.92 Å². The number of aromatic amines is 1. The zero-order chi connectivity index (χ0) is 21.8. The maximum absolute atomic E-state index is 13.2. The van der Waals surface area contributed by atoms with E-state index in [0.717, 1.165) is 16.7 Å². The van der Waals surface area contributed by atoms with Gasteiger partial charge < -0.3 is 14.4 Å². The van der Waals surface area contributed by atoms with Gasteiger partial charge in [-0.05, 0) is 38.0 Å². The third kappa shape index (κ3) is 4.80. The van der Waals surface area contributed by atoms with E-state index >= 15 is 0 Å². The van der Waals surface area contributed by atoms with Crippen LogP contribution in [0.15, 0.2) is 54.9 Å². The molecule has 1 aromatic heterocycles. The predicted molar refractivity (Wildman–Crippen MR) is 120 cm³/mol. The molecule has 6 heteroatoms. The van der Waals surface area contributed by atoms with Crippen molar-refractivity contribution in [2.24, 2.45) is 0 Å². The van der Waals surface area contributed by atoms with E-state index in [-0.39, 0.29) is 5.91 Å². The second kappa shape index (κ2) is 8.94. The zero-order valence-corrected chi connectivity index (χ0v) is 18.4. The molecule has 1 amide bonds. The first-order chi connectivity index (χ1) is 14.9. The summed E-state index contributed by atoms with van der Waals surface area (Å²) < 4.78 is 11.8. The first kappa shape index (κ1) is 21.1. The average Bonchev–Trinajstić information content (AvgIpc) is 3.29. The number of amides is 1. The monoisotopic (exact) mass is 419 g/mol. The quantitative estimate of drug-likeness (QED) is 0.656. The normalized spacial score (nSPS) is 14.5. The number of nitrogens with zero attached hydrogens (tertiary/aromatic N) is 2. The van der Waals surface area contributed by atoms with E-state index in [1.54, 1.807) is 0 Å². The van der Waals surface area contributed by atoms with Gasteiger partial charge in [-0.2, -0.15) is 5.10 Å². The molecule has 0 saturated carbocycles. The van der Waals surface area contributed by atoms with Crippen LogP contribution in [0.5, 0.6) is 5.75 Å². The Hall–Kier alpha value is -3.12. The molecule has 162 valence electrons. The van der Waals surface area contributed by atoms with Crippen LogP contribution in [0.2, 0.25) is 0 Å². The van der Waals surface area contributed by atoms with Crippen molar-refractivity contribution in [2.75, 3.05) is 26.3 Å². The minimum absolute atomic E-state index is 0.0222. The number of H-pyrrole nitrogens is 1. The van der Waals surface area contributed by atoms with Gasteiger partial charge in [-0.1, -0.05) is 42.0 Å². The number of rotatable bonds is 6. The van der Waals surface area contributed by atoms with Gasteiger partial charge in [0.25, 0.3) is 5.91 Å². The van der Waals surface area contributed by atoms with Crippen molar-refractivity contribution in [2.45, 2.75) is 32.8 Å². The molecule has 0 unspecified atom stereocenters. The van der Waals surface area contributed by atoms with Gasteiger partial charge in [0.15, 0.2) is 5.60 Å². The molecule has 0 radical (unpaired) electrons. The SMILES string of the molecule is Cc1cccc(Cc2c(OC(C)(C)C(=O)N3CCOCC3)cccc2-c2cn[nH]c2)c1. The number of hydrogen-bond acceptors (Lipinski definition) is 4. The van der Waals surface area contributed by atoms with Gasteiger partial charge in [-0.3, -0.25) is 9.89 Å². The molecule has 3 aromatic rings. The Labute approximate surface area is 183 Å². The van der Waals surface area contributed by atoms with Crippen LogP contribution in [0.4, 0.5) is 0 Å². The van der Waals surface area contributed by atoms with E-state index in [1.165, 1.54) is 11.1 Å². The molecule has 1 aliphatic heterocycles. The van der Waals surface area contributed by atoms with E-state index in [4.69, 9.17) is 9.47 Å². The molecule has 1 fully saturated rings. The second-order valence-corrected chi connectivity index (χ2v) is 8.45. The fourth-order valence-corrected chi connectivity index (χ4v) is 4.00. The second-order valence-electron chi connectivity index (χ2n) is 8.45. The first-order valence-electron chi connectivity index (χ1n) is 10.7. The van der Waals surface area contributed by atoms with Gasteiger partial charge in [-0.25, -0.2) is 0 Å². The predicted octanol–water partition coefficient (Wildman–Crippen LogP) is 3.99. The minimum Gasteiger partial charge on any atom is -0.478 e. The van der Waals surface area contributed by atoms with E-state index < -0.39 is 5.60 Å². The summed E-state index contributed by atoms with van der Waals surface area (Å²) >= 11 is 0. The fourth-order valence-electron chi connectivity index (χ4n) is 4.00. The van der Waals surface area contributed by atoms with E-state index in [1.807, 2.05) is 43.3 Å². The smallest absolute Gasteiger partial charge is 0.266 e. The van der Waals surface area contributed by atoms with Gasteiger partial charge >= 0.3 is 0 Å². The summed E-state index contributed by atoms with van der Waals surface area (Å²) in [6.45, 7) is 8.09. The average molecular weight is 420 g/mol. The zero-order valence-electron chi connectivity index (χ0n) is 18.4. The Morgan fingerprint density at radius 1 is 1.19 bits per heavy atom. The molecule has 1 saturated heterocycles. The van der Waals surface area contributed by atoms with Crippen LogP contribution in [-0.4, -0.2) is 52.9 Å². The van der Waals surface area contributed by atoms with Crippen molar-refractivity contribution in [1.82, 2.24) is 15.1 Å². The van der Waals surface area contributed by atoms with Crippen LogP contribution in [0.25, 0.3) is 11.1 Å². The maximum atomic E-state index is 13.2. The van der Waals surface area contributed by atoms with Crippen LogP contribution in [0.1, 0.15) is 30.5 Å². The number of carbonyl (C=O) groups excluding carboxylic acids is 1. The lowest BCUT2D eigenvalue weighted by molar-refractivity contribution is -0.149. The van der Waals surface area contributed by atoms with Crippen molar-refractivity contribution in [3.63, 3.8) is 0 Å². The summed E-state index contributed by atoms with van der Waals surface area (Å²) in [4.78, 5) is 15.0. The van der Waals surface area contributed by atoms with Gasteiger partial charge in [0.2, 0.25) is 0 Å². The van der Waals surface area contributed by atoms with Gasteiger partial charge in [-0.15, -0.1) is 0 Å². The molecule has 4 rings (SSSR count). The molecule has 1 N–H and O–H groups in total. The minimum atomic E-state index is -0.992. The van der Waals surface area contributed by atoms with E-state index in [2.05, 4.69) is 47.5 Å². The molecule has 0 atom stereocenters. The van der Waals surface area contributed by atoms with Crippen LogP contribution >= 0.6 is 0 Å². The lowest BCUT2D eigenvalue weighted by Gasteiger charge is -2.35. The Kier molecular flexibility index (Phi) is 6.09. The third-order valence-corrected chi connectivity index (χ3v) is 5.58. The standard InChI is InChI=1S/C25H29N3O3/c1-18-6-4-7-19(14-18)15-22-21(20-16-26-27-17-20)8-5-9-23(22)31-25(2,3)24(29)28-10-12-30-13-11-28/h4-9,14,16-17H,10-13,15H2,1-3H3,(H,26,27). The largest absolute Gasteiger partial charge is 0.478 e. The Balaban J connectivity index is 1.69. The summed E-state index contributed by atoms with van der Waals surface area (Å²) in [5.74, 6) is 0.692. The lowest BCUT2D eigenvalue weighted by Crippen LogP contribution is -2.52. The van der Waals surface area contributed by atoms with Crippen molar-refractivity contribution in [1.29, 1.82) is 0 Å². The third-order valence-electron chi connectivity index (χ3n) is 5.58.